The minimum Gasteiger partial charge on any atom is -0.353 e. The molecule has 2 saturated heterocycles. The Labute approximate surface area is 161 Å². The lowest BCUT2D eigenvalue weighted by Gasteiger charge is -2.36. The summed E-state index contributed by atoms with van der Waals surface area (Å²) in [6.45, 7) is 12.5. The van der Waals surface area contributed by atoms with E-state index in [1.54, 1.807) is 6.20 Å². The Balaban J connectivity index is 1.33. The third-order valence-corrected chi connectivity index (χ3v) is 5.58. The molecular formula is C20H29N7. The fourth-order valence-corrected chi connectivity index (χ4v) is 3.81. The predicted molar refractivity (Wildman–Crippen MR) is 108 cm³/mol. The molecule has 7 heteroatoms. The second-order valence-corrected chi connectivity index (χ2v) is 7.28. The normalized spacial score (nSPS) is 19.4. The monoisotopic (exact) mass is 367 g/mol. The van der Waals surface area contributed by atoms with Crippen LogP contribution in [0.15, 0.2) is 36.5 Å². The number of nitrogens with zero attached hydrogens (tertiary/aromatic N) is 7. The fourth-order valence-electron chi connectivity index (χ4n) is 3.81. The standard InChI is InChI=1S/C20H29N7/c1-2-24-8-12-26(13-9-24)19-16-21-23-20(22-19)27-14-10-25(11-15-27)17-18-6-4-3-5-7-18/h3-7,16H,2,8-15,17H2,1H3. The van der Waals surface area contributed by atoms with Gasteiger partial charge in [-0.2, -0.15) is 10.1 Å². The van der Waals surface area contributed by atoms with Crippen molar-refractivity contribution >= 4 is 11.8 Å². The highest BCUT2D eigenvalue weighted by Crippen LogP contribution is 2.17. The lowest BCUT2D eigenvalue weighted by Crippen LogP contribution is -2.48. The molecule has 2 fully saturated rings. The molecule has 0 atom stereocenters. The molecule has 0 N–H and O–H groups in total. The molecular weight excluding hydrogens is 338 g/mol. The average molecular weight is 368 g/mol. The van der Waals surface area contributed by atoms with Crippen molar-refractivity contribution in [3.63, 3.8) is 0 Å². The summed E-state index contributed by atoms with van der Waals surface area (Å²) in [4.78, 5) is 14.4. The molecule has 0 bridgehead atoms. The van der Waals surface area contributed by atoms with Gasteiger partial charge in [-0.25, -0.2) is 0 Å². The highest BCUT2D eigenvalue weighted by Gasteiger charge is 2.22. The Hall–Kier alpha value is -2.25. The molecule has 7 nitrogen and oxygen atoms in total. The van der Waals surface area contributed by atoms with Crippen LogP contribution in [0.2, 0.25) is 0 Å². The number of rotatable bonds is 5. The molecule has 0 spiro atoms. The molecule has 144 valence electrons. The van der Waals surface area contributed by atoms with Gasteiger partial charge in [0.25, 0.3) is 0 Å². The van der Waals surface area contributed by atoms with Crippen molar-refractivity contribution in [2.75, 3.05) is 68.7 Å². The third-order valence-electron chi connectivity index (χ3n) is 5.58. The Morgan fingerprint density at radius 1 is 0.815 bits per heavy atom. The van der Waals surface area contributed by atoms with Crippen molar-refractivity contribution in [1.29, 1.82) is 0 Å². The zero-order valence-corrected chi connectivity index (χ0v) is 16.2. The first-order valence-corrected chi connectivity index (χ1v) is 10.00. The Morgan fingerprint density at radius 2 is 1.48 bits per heavy atom. The van der Waals surface area contributed by atoms with E-state index in [1.807, 2.05) is 0 Å². The highest BCUT2D eigenvalue weighted by molar-refractivity contribution is 5.42. The average Bonchev–Trinajstić information content (AvgIpc) is 2.75. The van der Waals surface area contributed by atoms with E-state index in [2.05, 4.69) is 67.1 Å². The van der Waals surface area contributed by atoms with Gasteiger partial charge in [-0.3, -0.25) is 4.90 Å². The zero-order valence-electron chi connectivity index (χ0n) is 16.2. The summed E-state index contributed by atoms with van der Waals surface area (Å²) < 4.78 is 0. The van der Waals surface area contributed by atoms with Crippen LogP contribution in [-0.2, 0) is 6.54 Å². The van der Waals surface area contributed by atoms with Crippen LogP contribution in [-0.4, -0.2) is 83.9 Å². The van der Waals surface area contributed by atoms with E-state index in [9.17, 15) is 0 Å². The molecule has 0 saturated carbocycles. The summed E-state index contributed by atoms with van der Waals surface area (Å²) in [6, 6.07) is 10.7. The van der Waals surface area contributed by atoms with E-state index >= 15 is 0 Å². The van der Waals surface area contributed by atoms with E-state index in [-0.39, 0.29) is 0 Å². The minimum absolute atomic E-state index is 0.768. The molecule has 2 aromatic rings. The minimum atomic E-state index is 0.768. The van der Waals surface area contributed by atoms with Gasteiger partial charge in [-0.15, -0.1) is 5.10 Å². The van der Waals surface area contributed by atoms with Gasteiger partial charge in [0, 0.05) is 58.9 Å². The molecule has 2 aliphatic rings. The van der Waals surface area contributed by atoms with Crippen molar-refractivity contribution in [2.45, 2.75) is 13.5 Å². The fraction of sp³-hybridized carbons (Fsp3) is 0.550. The summed E-state index contributed by atoms with van der Waals surface area (Å²) in [5, 5.41) is 8.55. The molecule has 0 aliphatic carbocycles. The first-order chi connectivity index (χ1) is 13.3. The van der Waals surface area contributed by atoms with E-state index in [4.69, 9.17) is 4.98 Å². The molecule has 0 unspecified atom stereocenters. The SMILES string of the molecule is CCN1CCN(c2cnnc(N3CCN(Cc4ccccc4)CC3)n2)CC1. The van der Waals surface area contributed by atoms with Crippen LogP contribution < -0.4 is 9.80 Å². The Bertz CT molecular complexity index is 707. The van der Waals surface area contributed by atoms with Gasteiger partial charge in [0.15, 0.2) is 5.82 Å². The highest BCUT2D eigenvalue weighted by atomic mass is 15.4. The number of aromatic nitrogens is 3. The molecule has 2 aliphatic heterocycles. The van der Waals surface area contributed by atoms with Gasteiger partial charge in [-0.1, -0.05) is 37.3 Å². The molecule has 1 aromatic heterocycles. The first-order valence-electron chi connectivity index (χ1n) is 10.00. The maximum Gasteiger partial charge on any atom is 0.247 e. The first kappa shape index (κ1) is 18.1. The van der Waals surface area contributed by atoms with Gasteiger partial charge in [0.05, 0.1) is 6.20 Å². The number of hydrogen-bond acceptors (Lipinski definition) is 7. The summed E-state index contributed by atoms with van der Waals surface area (Å²) in [6.07, 6.45) is 1.80. The van der Waals surface area contributed by atoms with E-state index < -0.39 is 0 Å². The van der Waals surface area contributed by atoms with Crippen LogP contribution in [0.3, 0.4) is 0 Å². The van der Waals surface area contributed by atoms with Crippen LogP contribution in [0.5, 0.6) is 0 Å². The second kappa shape index (κ2) is 8.63. The van der Waals surface area contributed by atoms with Crippen molar-refractivity contribution in [3.8, 4) is 0 Å². The van der Waals surface area contributed by atoms with Crippen molar-refractivity contribution in [2.24, 2.45) is 0 Å². The van der Waals surface area contributed by atoms with Gasteiger partial charge < -0.3 is 14.7 Å². The Morgan fingerprint density at radius 3 is 2.19 bits per heavy atom. The summed E-state index contributed by atoms with van der Waals surface area (Å²) in [5.41, 5.74) is 1.37. The number of anilines is 2. The predicted octanol–water partition coefficient (Wildman–Crippen LogP) is 1.34. The van der Waals surface area contributed by atoms with Gasteiger partial charge in [0.2, 0.25) is 5.95 Å². The summed E-state index contributed by atoms with van der Waals surface area (Å²) in [5.74, 6) is 1.73. The molecule has 3 heterocycles. The molecule has 27 heavy (non-hydrogen) atoms. The topological polar surface area (TPSA) is 51.6 Å². The molecule has 1 aromatic carbocycles. The third kappa shape index (κ3) is 4.54. The number of likely N-dealkylation sites (N-methyl/N-ethyl adjacent to an activating group) is 1. The van der Waals surface area contributed by atoms with Gasteiger partial charge >= 0.3 is 0 Å². The van der Waals surface area contributed by atoms with Crippen molar-refractivity contribution < 1.29 is 0 Å². The maximum atomic E-state index is 4.82. The van der Waals surface area contributed by atoms with Crippen molar-refractivity contribution in [1.82, 2.24) is 25.0 Å². The quantitative estimate of drug-likeness (QED) is 0.790. The van der Waals surface area contributed by atoms with E-state index in [0.717, 1.165) is 77.2 Å². The van der Waals surface area contributed by atoms with Crippen LogP contribution in [0.1, 0.15) is 12.5 Å². The van der Waals surface area contributed by atoms with Crippen molar-refractivity contribution in [3.05, 3.63) is 42.1 Å². The van der Waals surface area contributed by atoms with Crippen LogP contribution in [0.25, 0.3) is 0 Å². The molecule has 0 radical (unpaired) electrons. The summed E-state index contributed by atoms with van der Waals surface area (Å²) >= 11 is 0. The summed E-state index contributed by atoms with van der Waals surface area (Å²) in [7, 11) is 0. The largest absolute Gasteiger partial charge is 0.353 e. The van der Waals surface area contributed by atoms with Crippen LogP contribution in [0.4, 0.5) is 11.8 Å². The van der Waals surface area contributed by atoms with Crippen LogP contribution in [0, 0.1) is 0 Å². The van der Waals surface area contributed by atoms with E-state index in [0.29, 0.717) is 0 Å². The lowest BCUT2D eigenvalue weighted by molar-refractivity contribution is 0.248. The number of piperazine rings is 2. The smallest absolute Gasteiger partial charge is 0.247 e. The van der Waals surface area contributed by atoms with Gasteiger partial charge in [-0.05, 0) is 12.1 Å². The second-order valence-electron chi connectivity index (χ2n) is 7.28. The zero-order chi connectivity index (χ0) is 18.5. The van der Waals surface area contributed by atoms with Gasteiger partial charge in [0.1, 0.15) is 0 Å². The van der Waals surface area contributed by atoms with E-state index in [1.165, 1.54) is 5.56 Å². The number of hydrogen-bond donors (Lipinski definition) is 0. The Kier molecular flexibility index (Phi) is 5.79. The lowest BCUT2D eigenvalue weighted by atomic mass is 10.2. The molecule has 4 rings (SSSR count). The molecule has 0 amide bonds. The number of benzene rings is 1. The van der Waals surface area contributed by atoms with Crippen LogP contribution >= 0.6 is 0 Å². The maximum absolute atomic E-state index is 4.82.